The highest BCUT2D eigenvalue weighted by molar-refractivity contribution is 6.31. The van der Waals surface area contributed by atoms with E-state index < -0.39 is 22.5 Å². The topological polar surface area (TPSA) is 92.1 Å². The van der Waals surface area contributed by atoms with Crippen LogP contribution in [0.25, 0.3) is 22.3 Å². The zero-order valence-electron chi connectivity index (χ0n) is 15.0. The van der Waals surface area contributed by atoms with Gasteiger partial charge in [0.1, 0.15) is 28.4 Å². The normalized spacial score (nSPS) is 17.9. The Morgan fingerprint density at radius 1 is 1.14 bits per heavy atom. The van der Waals surface area contributed by atoms with Gasteiger partial charge in [-0.05, 0) is 30.4 Å². The first kappa shape index (κ1) is 18.1. The lowest BCUT2D eigenvalue weighted by molar-refractivity contribution is -0.118. The number of hydrogen-bond donors (Lipinski definition) is 1. The van der Waals surface area contributed by atoms with Crippen molar-refractivity contribution in [1.82, 2.24) is 19.9 Å². The minimum Gasteiger partial charge on any atom is -0.492 e. The molecule has 5 rings (SSSR count). The Labute approximate surface area is 168 Å². The van der Waals surface area contributed by atoms with Gasteiger partial charge in [0.2, 0.25) is 17.7 Å². The van der Waals surface area contributed by atoms with Crippen molar-refractivity contribution in [2.75, 3.05) is 11.4 Å². The molecule has 3 aromatic rings. The molecule has 29 heavy (non-hydrogen) atoms. The molecule has 1 spiro atoms. The van der Waals surface area contributed by atoms with Crippen molar-refractivity contribution < 1.29 is 18.7 Å². The summed E-state index contributed by atoms with van der Waals surface area (Å²) < 4.78 is 28.4. The smallest absolute Gasteiger partial charge is 0.241 e. The van der Waals surface area contributed by atoms with E-state index in [1.807, 2.05) is 0 Å². The van der Waals surface area contributed by atoms with Gasteiger partial charge in [-0.25, -0.2) is 28.7 Å². The van der Waals surface area contributed by atoms with Crippen LogP contribution < -0.4 is 4.90 Å². The molecule has 3 heterocycles. The largest absolute Gasteiger partial charge is 0.492 e. The van der Waals surface area contributed by atoms with Crippen LogP contribution in [0.3, 0.4) is 0 Å². The number of hydrogen-bond acceptors (Lipinski definition) is 6. The first-order valence-corrected chi connectivity index (χ1v) is 9.42. The van der Waals surface area contributed by atoms with E-state index in [1.165, 1.54) is 11.0 Å². The van der Waals surface area contributed by atoms with Crippen LogP contribution >= 0.6 is 11.6 Å². The van der Waals surface area contributed by atoms with E-state index in [1.54, 1.807) is 0 Å². The summed E-state index contributed by atoms with van der Waals surface area (Å²) in [6.07, 6.45) is 4.45. The maximum absolute atomic E-state index is 14.7. The number of fused-ring (bicyclic) bond motifs is 1. The summed E-state index contributed by atoms with van der Waals surface area (Å²) in [5.41, 5.74) is -0.171. The summed E-state index contributed by atoms with van der Waals surface area (Å²) >= 11 is 5.73. The van der Waals surface area contributed by atoms with Crippen LogP contribution in [0.4, 0.5) is 14.7 Å². The van der Waals surface area contributed by atoms with E-state index >= 15 is 0 Å². The van der Waals surface area contributed by atoms with Crippen molar-refractivity contribution in [3.8, 4) is 17.1 Å². The highest BCUT2D eigenvalue weighted by Crippen LogP contribution is 2.49. The molecule has 0 unspecified atom stereocenters. The molecule has 7 nitrogen and oxygen atoms in total. The number of benzene rings is 1. The molecule has 1 aromatic carbocycles. The quantitative estimate of drug-likeness (QED) is 0.640. The Hall–Kier alpha value is -2.94. The van der Waals surface area contributed by atoms with Crippen molar-refractivity contribution in [1.29, 1.82) is 0 Å². The maximum atomic E-state index is 14.7. The van der Waals surface area contributed by atoms with E-state index in [0.29, 0.717) is 13.0 Å². The van der Waals surface area contributed by atoms with E-state index in [4.69, 9.17) is 11.6 Å². The Kier molecular flexibility index (Phi) is 3.92. The molecule has 0 radical (unpaired) electrons. The van der Waals surface area contributed by atoms with Gasteiger partial charge in [-0.2, -0.15) is 0 Å². The summed E-state index contributed by atoms with van der Waals surface area (Å²) in [5, 5.41) is 9.50. The summed E-state index contributed by atoms with van der Waals surface area (Å²) in [7, 11) is 0. The van der Waals surface area contributed by atoms with Crippen LogP contribution in [-0.4, -0.2) is 37.5 Å². The fourth-order valence-electron chi connectivity index (χ4n) is 4.03. The number of nitrogens with zero attached hydrogens (tertiary/aromatic N) is 5. The first-order valence-electron chi connectivity index (χ1n) is 9.04. The predicted octanol–water partition coefficient (Wildman–Crippen LogP) is 3.63. The molecule has 0 atom stereocenters. The van der Waals surface area contributed by atoms with Crippen molar-refractivity contribution in [2.24, 2.45) is 5.41 Å². The van der Waals surface area contributed by atoms with Crippen molar-refractivity contribution in [2.45, 2.75) is 25.7 Å². The Morgan fingerprint density at radius 3 is 2.62 bits per heavy atom. The number of amides is 1. The number of aromatic hydroxyl groups is 1. The molecule has 1 saturated heterocycles. The Morgan fingerprint density at radius 2 is 1.93 bits per heavy atom. The lowest BCUT2D eigenvalue weighted by Crippen LogP contribution is -2.34. The van der Waals surface area contributed by atoms with Crippen LogP contribution in [-0.2, 0) is 4.79 Å². The third-order valence-electron chi connectivity index (χ3n) is 5.72. The SMILES string of the molecule is O=C1CC2(CCC2)CN1c1nc(-c2ccc(F)c(Cl)c2F)c2ncnc(O)c2n1. The van der Waals surface area contributed by atoms with Crippen LogP contribution in [0, 0.1) is 17.0 Å². The van der Waals surface area contributed by atoms with Gasteiger partial charge in [-0.3, -0.25) is 9.69 Å². The van der Waals surface area contributed by atoms with Gasteiger partial charge in [0.05, 0.1) is 0 Å². The van der Waals surface area contributed by atoms with E-state index in [0.717, 1.165) is 31.7 Å². The average Bonchev–Trinajstić information content (AvgIpc) is 3.04. The third-order valence-corrected chi connectivity index (χ3v) is 6.06. The van der Waals surface area contributed by atoms with Crippen molar-refractivity contribution in [3.05, 3.63) is 35.1 Å². The van der Waals surface area contributed by atoms with Crippen molar-refractivity contribution in [3.63, 3.8) is 0 Å². The number of halogens is 3. The van der Waals surface area contributed by atoms with Crippen LogP contribution in [0.5, 0.6) is 5.88 Å². The van der Waals surface area contributed by atoms with E-state index in [2.05, 4.69) is 19.9 Å². The van der Waals surface area contributed by atoms with Gasteiger partial charge in [0, 0.05) is 18.5 Å². The summed E-state index contributed by atoms with van der Waals surface area (Å²) in [5.74, 6) is -2.47. The average molecular weight is 418 g/mol. The molecule has 1 amide bonds. The fourth-order valence-corrected chi connectivity index (χ4v) is 4.20. The van der Waals surface area contributed by atoms with Gasteiger partial charge in [-0.15, -0.1) is 0 Å². The number of anilines is 1. The zero-order chi connectivity index (χ0) is 20.3. The standard InChI is InChI=1S/C19H14ClF2N5O2/c20-12-10(21)3-2-9(13(12)22)14-15-16(17(29)24-8-23-15)26-18(25-14)27-7-19(4-1-5-19)6-11(27)28/h2-3,8H,1,4-7H2,(H,23,24,29). The summed E-state index contributed by atoms with van der Waals surface area (Å²) in [4.78, 5) is 30.5. The number of aromatic nitrogens is 4. The molecule has 1 N–H and O–H groups in total. The summed E-state index contributed by atoms with van der Waals surface area (Å²) in [6, 6.07) is 2.19. The second-order valence-electron chi connectivity index (χ2n) is 7.50. The highest BCUT2D eigenvalue weighted by Gasteiger charge is 2.48. The summed E-state index contributed by atoms with van der Waals surface area (Å²) in [6.45, 7) is 0.456. The van der Waals surface area contributed by atoms with Crippen molar-refractivity contribution >= 4 is 34.5 Å². The second kappa shape index (κ2) is 6.28. The van der Waals surface area contributed by atoms with Gasteiger partial charge in [0.25, 0.3) is 0 Å². The van der Waals surface area contributed by atoms with Crippen LogP contribution in [0.2, 0.25) is 5.02 Å². The lowest BCUT2D eigenvalue weighted by Gasteiger charge is -2.36. The van der Waals surface area contributed by atoms with Gasteiger partial charge in [-0.1, -0.05) is 18.0 Å². The number of rotatable bonds is 2. The van der Waals surface area contributed by atoms with Gasteiger partial charge >= 0.3 is 0 Å². The van der Waals surface area contributed by atoms with E-state index in [9.17, 15) is 18.7 Å². The molecule has 1 saturated carbocycles. The predicted molar refractivity (Wildman–Crippen MR) is 100 cm³/mol. The third kappa shape index (κ3) is 2.71. The van der Waals surface area contributed by atoms with Crippen LogP contribution in [0.1, 0.15) is 25.7 Å². The molecule has 2 fully saturated rings. The monoisotopic (exact) mass is 417 g/mol. The minimum atomic E-state index is -1.01. The Bertz CT molecular complexity index is 1180. The van der Waals surface area contributed by atoms with Gasteiger partial charge < -0.3 is 5.11 Å². The Balaban J connectivity index is 1.73. The molecular formula is C19H14ClF2N5O2. The molecule has 0 bridgehead atoms. The molecule has 1 aliphatic heterocycles. The molecule has 2 aromatic heterocycles. The fraction of sp³-hybridized carbons (Fsp3) is 0.316. The molecule has 148 valence electrons. The van der Waals surface area contributed by atoms with Gasteiger partial charge in [0.15, 0.2) is 11.3 Å². The number of carbonyl (C=O) groups is 1. The highest BCUT2D eigenvalue weighted by atomic mass is 35.5. The maximum Gasteiger partial charge on any atom is 0.241 e. The molecule has 1 aliphatic carbocycles. The first-order chi connectivity index (χ1) is 13.9. The zero-order valence-corrected chi connectivity index (χ0v) is 15.7. The van der Waals surface area contributed by atoms with E-state index in [-0.39, 0.29) is 39.6 Å². The minimum absolute atomic E-state index is 0.00976. The molecular weight excluding hydrogens is 404 g/mol. The van der Waals surface area contributed by atoms with Crippen LogP contribution in [0.15, 0.2) is 18.5 Å². The second-order valence-corrected chi connectivity index (χ2v) is 7.88. The lowest BCUT2D eigenvalue weighted by atomic mass is 9.68. The molecule has 2 aliphatic rings. The number of carbonyl (C=O) groups excluding carboxylic acids is 1. The molecule has 10 heteroatoms.